The van der Waals surface area contributed by atoms with Crippen LogP contribution in [0.3, 0.4) is 0 Å². The summed E-state index contributed by atoms with van der Waals surface area (Å²) in [5, 5.41) is 12.7. The summed E-state index contributed by atoms with van der Waals surface area (Å²) in [6.45, 7) is 12.5. The molecule has 4 aromatic rings. The molecule has 0 bridgehead atoms. The van der Waals surface area contributed by atoms with Gasteiger partial charge in [-0.1, -0.05) is 36.2 Å². The lowest BCUT2D eigenvalue weighted by Crippen LogP contribution is -2.46. The number of nitrogens with zero attached hydrogens (tertiary/aromatic N) is 6. The minimum atomic E-state index is -1.15. The first kappa shape index (κ1) is 36.2. The number of hydrogen-bond acceptors (Lipinski definition) is 9. The number of anilines is 3. The molecule has 3 aromatic carbocycles. The van der Waals surface area contributed by atoms with Gasteiger partial charge in [0.25, 0.3) is 0 Å². The van der Waals surface area contributed by atoms with E-state index in [1.54, 1.807) is 23.1 Å². The number of likely N-dealkylation sites (N-methyl/N-ethyl adjacent to an activating group) is 2. The lowest BCUT2D eigenvalue weighted by molar-refractivity contribution is -0.190. The van der Waals surface area contributed by atoms with Crippen LogP contribution in [-0.4, -0.2) is 96.5 Å². The van der Waals surface area contributed by atoms with Gasteiger partial charge in [0, 0.05) is 73.5 Å². The van der Waals surface area contributed by atoms with Crippen LogP contribution in [0.25, 0.3) is 0 Å². The van der Waals surface area contributed by atoms with Crippen LogP contribution in [0.5, 0.6) is 5.75 Å². The van der Waals surface area contributed by atoms with Gasteiger partial charge in [-0.05, 0) is 86.4 Å². The van der Waals surface area contributed by atoms with E-state index in [9.17, 15) is 0 Å². The molecule has 3 heterocycles. The fraction of sp³-hybridized carbons (Fsp3) is 0.417. The molecule has 1 aromatic heterocycles. The molecule has 11 nitrogen and oxygen atoms in total. The van der Waals surface area contributed by atoms with Crippen molar-refractivity contribution >= 4 is 57.6 Å². The van der Waals surface area contributed by atoms with E-state index in [1.165, 1.54) is 17.7 Å². The van der Waals surface area contributed by atoms with Gasteiger partial charge in [-0.2, -0.15) is 5.10 Å². The van der Waals surface area contributed by atoms with Gasteiger partial charge < -0.3 is 39.5 Å². The molecule has 14 heteroatoms. The van der Waals surface area contributed by atoms with Gasteiger partial charge in [0.1, 0.15) is 37.7 Å². The lowest BCUT2D eigenvalue weighted by atomic mass is 10.1. The molecular weight excluding hydrogens is 695 g/mol. The Labute approximate surface area is 309 Å². The summed E-state index contributed by atoms with van der Waals surface area (Å²) in [6, 6.07) is 22.1. The Morgan fingerprint density at radius 3 is 2.32 bits per heavy atom. The second-order valence-electron chi connectivity index (χ2n) is 12.2. The molecule has 2 aliphatic heterocycles. The van der Waals surface area contributed by atoms with Gasteiger partial charge in [0.2, 0.25) is 5.79 Å². The Kier molecular flexibility index (Phi) is 12.3. The van der Waals surface area contributed by atoms with Crippen molar-refractivity contribution in [1.82, 2.24) is 25.0 Å². The van der Waals surface area contributed by atoms with Crippen molar-refractivity contribution < 1.29 is 14.2 Å². The summed E-state index contributed by atoms with van der Waals surface area (Å²) < 4.78 is 20.6. The Morgan fingerprint density at radius 1 is 1.00 bits per heavy atom. The largest absolute Gasteiger partial charge is 0.491 e. The molecule has 2 aliphatic rings. The van der Waals surface area contributed by atoms with Crippen LogP contribution in [0, 0.1) is 0 Å². The standard InChI is InChI=1S/C36H44Cl2N8O3S/c1-3-39-15-16-43(4-2)35(50)42-28-6-8-29(9-7-28)44-17-19-45(20-18-44)30-10-12-31(13-11-30)47-22-32-23-48-36(49-32,24-46-26-40-25-41-46)33-14-5-27(37)21-34(33)38/h5-14,21,25-26,32,39H,3-4,15-20,22-24H2,1-2H3,(H,42,50). The second-order valence-corrected chi connectivity index (χ2v) is 13.4. The summed E-state index contributed by atoms with van der Waals surface area (Å²) in [5.41, 5.74) is 4.07. The molecule has 6 rings (SSSR count). The van der Waals surface area contributed by atoms with Crippen LogP contribution in [-0.2, 0) is 21.8 Å². The van der Waals surface area contributed by atoms with E-state index in [-0.39, 0.29) is 12.6 Å². The molecule has 2 atom stereocenters. The Hall–Kier alpha value is -3.65. The van der Waals surface area contributed by atoms with E-state index in [0.717, 1.165) is 68.9 Å². The van der Waals surface area contributed by atoms with Crippen molar-refractivity contribution in [1.29, 1.82) is 0 Å². The minimum Gasteiger partial charge on any atom is -0.491 e. The highest BCUT2D eigenvalue weighted by Crippen LogP contribution is 2.40. The van der Waals surface area contributed by atoms with E-state index in [4.69, 9.17) is 49.6 Å². The highest BCUT2D eigenvalue weighted by molar-refractivity contribution is 7.80. The zero-order chi connectivity index (χ0) is 34.9. The number of nitrogens with one attached hydrogen (secondary N) is 2. The Bertz CT molecular complexity index is 1670. The van der Waals surface area contributed by atoms with Crippen LogP contribution >= 0.6 is 35.4 Å². The van der Waals surface area contributed by atoms with Crippen LogP contribution in [0.4, 0.5) is 17.1 Å². The number of hydrogen-bond donors (Lipinski definition) is 2. The molecule has 2 saturated heterocycles. The topological polar surface area (TPSA) is 92.2 Å². The van der Waals surface area contributed by atoms with Crippen molar-refractivity contribution in [3.63, 3.8) is 0 Å². The average Bonchev–Trinajstić information content (AvgIpc) is 3.80. The highest BCUT2D eigenvalue weighted by atomic mass is 35.5. The van der Waals surface area contributed by atoms with E-state index in [1.807, 2.05) is 18.2 Å². The van der Waals surface area contributed by atoms with Gasteiger partial charge in [-0.25, -0.2) is 9.67 Å². The first-order valence-corrected chi connectivity index (χ1v) is 18.2. The maximum absolute atomic E-state index is 6.59. The first-order chi connectivity index (χ1) is 24.4. The van der Waals surface area contributed by atoms with Crippen LogP contribution in [0.2, 0.25) is 10.0 Å². The van der Waals surface area contributed by atoms with Crippen molar-refractivity contribution in [3.8, 4) is 5.75 Å². The van der Waals surface area contributed by atoms with Gasteiger partial charge in [-0.3, -0.25) is 0 Å². The summed E-state index contributed by atoms with van der Waals surface area (Å²) in [6.07, 6.45) is 2.77. The van der Waals surface area contributed by atoms with E-state index < -0.39 is 5.79 Å². The molecule has 2 unspecified atom stereocenters. The van der Waals surface area contributed by atoms with Gasteiger partial charge in [0.15, 0.2) is 5.11 Å². The van der Waals surface area contributed by atoms with E-state index in [0.29, 0.717) is 28.8 Å². The molecular formula is C36H44Cl2N8O3S. The van der Waals surface area contributed by atoms with Crippen molar-refractivity contribution in [2.24, 2.45) is 0 Å². The molecule has 50 heavy (non-hydrogen) atoms. The smallest absolute Gasteiger partial charge is 0.217 e. The lowest BCUT2D eigenvalue weighted by Gasteiger charge is -2.37. The number of thiocarbonyl (C=S) groups is 1. The molecule has 0 saturated carbocycles. The number of ether oxygens (including phenoxy) is 3. The third kappa shape index (κ3) is 8.98. The molecule has 2 N–H and O–H groups in total. The zero-order valence-corrected chi connectivity index (χ0v) is 30.8. The number of halogens is 2. The van der Waals surface area contributed by atoms with Crippen molar-refractivity contribution in [2.75, 3.05) is 80.7 Å². The average molecular weight is 740 g/mol. The molecule has 0 amide bonds. The predicted octanol–water partition coefficient (Wildman–Crippen LogP) is 5.89. The second kappa shape index (κ2) is 17.0. The van der Waals surface area contributed by atoms with Gasteiger partial charge in [0.05, 0.1) is 11.6 Å². The third-order valence-corrected chi connectivity index (χ3v) is 9.82. The maximum atomic E-state index is 6.59. The molecule has 0 radical (unpaired) electrons. The fourth-order valence-corrected chi connectivity index (χ4v) is 7.09. The summed E-state index contributed by atoms with van der Waals surface area (Å²) in [4.78, 5) is 11.1. The Morgan fingerprint density at radius 2 is 1.70 bits per heavy atom. The minimum absolute atomic E-state index is 0.277. The SMILES string of the molecule is CCNCCN(CC)C(=S)Nc1ccc(N2CCN(c3ccc(OCC4COC(Cn5cncn5)(c5ccc(Cl)cc5Cl)O4)cc3)CC2)cc1. The Balaban J connectivity index is 0.978. The number of benzene rings is 3. The summed E-state index contributed by atoms with van der Waals surface area (Å²) >= 11 is 18.4. The molecule has 266 valence electrons. The summed E-state index contributed by atoms with van der Waals surface area (Å²) in [5.74, 6) is -0.383. The monoisotopic (exact) mass is 738 g/mol. The number of aromatic nitrogens is 3. The first-order valence-electron chi connectivity index (χ1n) is 17.0. The fourth-order valence-electron chi connectivity index (χ4n) is 6.20. The predicted molar refractivity (Wildman–Crippen MR) is 204 cm³/mol. The van der Waals surface area contributed by atoms with Crippen LogP contribution in [0.15, 0.2) is 79.4 Å². The van der Waals surface area contributed by atoms with Crippen molar-refractivity contribution in [3.05, 3.63) is 95.0 Å². The molecule has 2 fully saturated rings. The molecule has 0 spiro atoms. The van der Waals surface area contributed by atoms with Gasteiger partial charge in [-0.15, -0.1) is 0 Å². The van der Waals surface area contributed by atoms with E-state index >= 15 is 0 Å². The van der Waals surface area contributed by atoms with Gasteiger partial charge >= 0.3 is 0 Å². The summed E-state index contributed by atoms with van der Waals surface area (Å²) in [7, 11) is 0. The van der Waals surface area contributed by atoms with E-state index in [2.05, 4.69) is 85.7 Å². The molecule has 0 aliphatic carbocycles. The maximum Gasteiger partial charge on any atom is 0.217 e. The van der Waals surface area contributed by atoms with Crippen LogP contribution in [0.1, 0.15) is 19.4 Å². The van der Waals surface area contributed by atoms with Crippen LogP contribution < -0.4 is 25.2 Å². The third-order valence-electron chi connectivity index (χ3n) is 8.92. The van der Waals surface area contributed by atoms with Crippen molar-refractivity contribution in [2.45, 2.75) is 32.3 Å². The number of rotatable bonds is 14. The number of piperazine rings is 1. The normalized spacial score (nSPS) is 19.1. The zero-order valence-electron chi connectivity index (χ0n) is 28.4. The highest BCUT2D eigenvalue weighted by Gasteiger charge is 2.45. The quantitative estimate of drug-likeness (QED) is 0.120.